The van der Waals surface area contributed by atoms with E-state index in [-0.39, 0.29) is 23.3 Å². The van der Waals surface area contributed by atoms with Crippen LogP contribution in [0.1, 0.15) is 22.8 Å². The summed E-state index contributed by atoms with van der Waals surface area (Å²) in [7, 11) is 0.854. The van der Waals surface area contributed by atoms with Gasteiger partial charge in [-0.15, -0.1) is 0 Å². The second kappa shape index (κ2) is 8.99. The van der Waals surface area contributed by atoms with Crippen molar-refractivity contribution in [3.63, 3.8) is 0 Å². The molecule has 2 amide bonds. The lowest BCUT2D eigenvalue weighted by Gasteiger charge is -2.18. The van der Waals surface area contributed by atoms with Crippen LogP contribution in [-0.2, 0) is 21.2 Å². The van der Waals surface area contributed by atoms with Crippen molar-refractivity contribution >= 4 is 27.5 Å². The van der Waals surface area contributed by atoms with Gasteiger partial charge in [0.15, 0.2) is 0 Å². The van der Waals surface area contributed by atoms with Crippen molar-refractivity contribution in [2.24, 2.45) is 0 Å². The van der Waals surface area contributed by atoms with Crippen molar-refractivity contribution in [3.05, 3.63) is 59.7 Å². The zero-order valence-electron chi connectivity index (χ0n) is 16.5. The molecule has 0 unspecified atom stereocenters. The molecule has 7 nitrogen and oxygen atoms in total. The number of hydrogen-bond donors (Lipinski definition) is 1. The normalized spacial score (nSPS) is 11.3. The number of sulfonamides is 1. The predicted molar refractivity (Wildman–Crippen MR) is 109 cm³/mol. The van der Waals surface area contributed by atoms with Crippen LogP contribution in [0.4, 0.5) is 5.69 Å². The van der Waals surface area contributed by atoms with Gasteiger partial charge in [0.1, 0.15) is 0 Å². The van der Waals surface area contributed by atoms with Crippen molar-refractivity contribution in [2.45, 2.75) is 18.2 Å². The number of nitrogens with zero attached hydrogens (tertiary/aromatic N) is 2. The lowest BCUT2D eigenvalue weighted by atomic mass is 10.1. The number of amides is 2. The van der Waals surface area contributed by atoms with Crippen LogP contribution in [0.3, 0.4) is 0 Å². The SMILES string of the molecule is CCc1ccccc1NC(=O)CN(C)C(=O)c1ccc(S(=O)(=O)N(C)C)cc1. The molecule has 0 aromatic heterocycles. The fourth-order valence-corrected chi connectivity index (χ4v) is 3.53. The Hall–Kier alpha value is -2.71. The first-order valence-corrected chi connectivity index (χ1v) is 10.3. The molecule has 0 bridgehead atoms. The summed E-state index contributed by atoms with van der Waals surface area (Å²) in [6, 6.07) is 13.2. The van der Waals surface area contributed by atoms with Gasteiger partial charge in [-0.3, -0.25) is 9.59 Å². The molecule has 0 aliphatic carbocycles. The minimum absolute atomic E-state index is 0.102. The Labute approximate surface area is 166 Å². The maximum atomic E-state index is 12.5. The second-order valence-corrected chi connectivity index (χ2v) is 8.68. The Kier molecular flexibility index (Phi) is 6.93. The third-order valence-corrected chi connectivity index (χ3v) is 6.11. The van der Waals surface area contributed by atoms with Gasteiger partial charge >= 0.3 is 0 Å². The van der Waals surface area contributed by atoms with Gasteiger partial charge < -0.3 is 10.2 Å². The summed E-state index contributed by atoms with van der Waals surface area (Å²) in [6.07, 6.45) is 0.785. The third kappa shape index (κ3) is 4.96. The molecule has 0 aliphatic heterocycles. The van der Waals surface area contributed by atoms with Crippen LogP contribution >= 0.6 is 0 Å². The molecular weight excluding hydrogens is 378 g/mol. The topological polar surface area (TPSA) is 86.8 Å². The van der Waals surface area contributed by atoms with E-state index in [1.54, 1.807) is 0 Å². The average Bonchev–Trinajstić information content (AvgIpc) is 2.67. The second-order valence-electron chi connectivity index (χ2n) is 6.53. The van der Waals surface area contributed by atoms with E-state index in [0.717, 1.165) is 22.0 Å². The van der Waals surface area contributed by atoms with Crippen LogP contribution in [-0.4, -0.2) is 57.1 Å². The molecule has 0 spiro atoms. The first kappa shape index (κ1) is 21.6. The number of hydrogen-bond acceptors (Lipinski definition) is 4. The molecule has 1 N–H and O–H groups in total. The first-order valence-electron chi connectivity index (χ1n) is 8.82. The predicted octanol–water partition coefficient (Wildman–Crippen LogP) is 2.21. The van der Waals surface area contributed by atoms with Crippen LogP contribution in [0.2, 0.25) is 0 Å². The Morgan fingerprint density at radius 3 is 2.14 bits per heavy atom. The van der Waals surface area contributed by atoms with Crippen molar-refractivity contribution in [1.29, 1.82) is 0 Å². The Bertz CT molecular complexity index is 954. The van der Waals surface area contributed by atoms with Gasteiger partial charge in [0, 0.05) is 32.4 Å². The fourth-order valence-electron chi connectivity index (χ4n) is 2.63. The number of carbonyl (C=O) groups excluding carboxylic acids is 2. The minimum Gasteiger partial charge on any atom is -0.332 e. The van der Waals surface area contributed by atoms with Crippen molar-refractivity contribution in [3.8, 4) is 0 Å². The molecule has 2 aromatic rings. The van der Waals surface area contributed by atoms with Crippen LogP contribution in [0.15, 0.2) is 53.4 Å². The lowest BCUT2D eigenvalue weighted by Crippen LogP contribution is -2.35. The molecule has 2 aromatic carbocycles. The third-order valence-electron chi connectivity index (χ3n) is 4.28. The standard InChI is InChI=1S/C20H25N3O4S/c1-5-15-8-6-7-9-18(15)21-19(24)14-23(4)20(25)16-10-12-17(13-11-16)28(26,27)22(2)3/h6-13H,5,14H2,1-4H3,(H,21,24). The van der Waals surface area contributed by atoms with Gasteiger partial charge in [-0.1, -0.05) is 25.1 Å². The van der Waals surface area contributed by atoms with Gasteiger partial charge in [0.2, 0.25) is 15.9 Å². The van der Waals surface area contributed by atoms with E-state index in [9.17, 15) is 18.0 Å². The van der Waals surface area contributed by atoms with E-state index in [1.807, 2.05) is 31.2 Å². The summed E-state index contributed by atoms with van der Waals surface area (Å²) in [6.45, 7) is 1.88. The van der Waals surface area contributed by atoms with E-state index in [0.29, 0.717) is 5.56 Å². The molecule has 2 rings (SSSR count). The lowest BCUT2D eigenvalue weighted by molar-refractivity contribution is -0.116. The van der Waals surface area contributed by atoms with Gasteiger partial charge in [-0.05, 0) is 42.3 Å². The van der Waals surface area contributed by atoms with Crippen molar-refractivity contribution in [2.75, 3.05) is 33.0 Å². The largest absolute Gasteiger partial charge is 0.332 e. The minimum atomic E-state index is -3.56. The molecular formula is C20H25N3O4S. The highest BCUT2D eigenvalue weighted by atomic mass is 32.2. The number of aryl methyl sites for hydroxylation is 1. The molecule has 0 heterocycles. The number of rotatable bonds is 7. The van der Waals surface area contributed by atoms with Gasteiger partial charge in [0.25, 0.3) is 5.91 Å². The fraction of sp³-hybridized carbons (Fsp3) is 0.300. The molecule has 0 atom stereocenters. The number of likely N-dealkylation sites (N-methyl/N-ethyl adjacent to an activating group) is 1. The Balaban J connectivity index is 2.05. The molecule has 28 heavy (non-hydrogen) atoms. The summed E-state index contributed by atoms with van der Waals surface area (Å²) in [5.74, 6) is -0.670. The van der Waals surface area contributed by atoms with E-state index in [4.69, 9.17) is 0 Å². The van der Waals surface area contributed by atoms with E-state index >= 15 is 0 Å². The molecule has 0 radical (unpaired) electrons. The number of nitrogens with one attached hydrogen (secondary N) is 1. The quantitative estimate of drug-likeness (QED) is 0.768. The van der Waals surface area contributed by atoms with Gasteiger partial charge in [-0.2, -0.15) is 0 Å². The Morgan fingerprint density at radius 2 is 1.57 bits per heavy atom. The molecule has 8 heteroatoms. The maximum Gasteiger partial charge on any atom is 0.254 e. The smallest absolute Gasteiger partial charge is 0.254 e. The Morgan fingerprint density at radius 1 is 0.964 bits per heavy atom. The number of anilines is 1. The number of carbonyl (C=O) groups is 2. The highest BCUT2D eigenvalue weighted by Crippen LogP contribution is 2.16. The molecule has 0 aliphatic rings. The summed E-state index contributed by atoms with van der Waals surface area (Å²) in [5.41, 5.74) is 2.05. The van der Waals surface area contributed by atoms with Crippen molar-refractivity contribution < 1.29 is 18.0 Å². The zero-order chi connectivity index (χ0) is 20.9. The van der Waals surface area contributed by atoms with Gasteiger partial charge in [0.05, 0.1) is 11.4 Å². The summed E-state index contributed by atoms with van der Waals surface area (Å²) >= 11 is 0. The van der Waals surface area contributed by atoms with Crippen LogP contribution in [0, 0.1) is 0 Å². The average molecular weight is 404 g/mol. The highest BCUT2D eigenvalue weighted by molar-refractivity contribution is 7.89. The molecule has 0 saturated heterocycles. The molecule has 150 valence electrons. The van der Waals surface area contributed by atoms with Gasteiger partial charge in [-0.25, -0.2) is 12.7 Å². The number of para-hydroxylation sites is 1. The zero-order valence-corrected chi connectivity index (χ0v) is 17.3. The highest BCUT2D eigenvalue weighted by Gasteiger charge is 2.19. The number of benzene rings is 2. The summed E-state index contributed by atoms with van der Waals surface area (Å²) < 4.78 is 25.3. The van der Waals surface area contributed by atoms with Crippen LogP contribution in [0.25, 0.3) is 0 Å². The van der Waals surface area contributed by atoms with Crippen LogP contribution < -0.4 is 5.32 Å². The van der Waals surface area contributed by atoms with E-state index in [1.165, 1.54) is 50.3 Å². The maximum absolute atomic E-state index is 12.5. The molecule has 0 saturated carbocycles. The summed E-state index contributed by atoms with van der Waals surface area (Å²) in [5, 5.41) is 2.82. The van der Waals surface area contributed by atoms with Crippen molar-refractivity contribution in [1.82, 2.24) is 9.21 Å². The summed E-state index contributed by atoms with van der Waals surface area (Å²) in [4.78, 5) is 26.2. The molecule has 0 fully saturated rings. The van der Waals surface area contributed by atoms with E-state index < -0.39 is 10.0 Å². The van der Waals surface area contributed by atoms with E-state index in [2.05, 4.69) is 5.32 Å². The first-order chi connectivity index (χ1) is 13.2. The van der Waals surface area contributed by atoms with Crippen LogP contribution in [0.5, 0.6) is 0 Å². The monoisotopic (exact) mass is 403 g/mol.